The summed E-state index contributed by atoms with van der Waals surface area (Å²) < 4.78 is 5.80. The molecule has 0 aromatic heterocycles. The highest BCUT2D eigenvalue weighted by Gasteiger charge is 2.32. The number of hydrogen-bond acceptors (Lipinski definition) is 4. The van der Waals surface area contributed by atoms with Crippen molar-refractivity contribution in [3.05, 3.63) is 28.2 Å². The van der Waals surface area contributed by atoms with E-state index in [2.05, 4.69) is 15.9 Å². The summed E-state index contributed by atoms with van der Waals surface area (Å²) >= 11 is 3.26. The van der Waals surface area contributed by atoms with Crippen LogP contribution in [-0.4, -0.2) is 36.5 Å². The van der Waals surface area contributed by atoms with Gasteiger partial charge >= 0.3 is 5.97 Å². The van der Waals surface area contributed by atoms with Crippen LogP contribution in [0.1, 0.15) is 16.8 Å². The van der Waals surface area contributed by atoms with Crippen LogP contribution in [0.15, 0.2) is 22.7 Å². The molecule has 1 amide bonds. The van der Waals surface area contributed by atoms with Crippen molar-refractivity contribution >= 4 is 33.5 Å². The number of nitrogens with two attached hydrogens (primary N) is 1. The molecule has 6 heteroatoms. The molecule has 1 aliphatic heterocycles. The third-order valence-corrected chi connectivity index (χ3v) is 3.53. The van der Waals surface area contributed by atoms with Crippen LogP contribution >= 0.6 is 15.9 Å². The minimum absolute atomic E-state index is 0.164. The molecule has 0 aliphatic carbocycles. The van der Waals surface area contributed by atoms with Crippen molar-refractivity contribution in [2.24, 2.45) is 0 Å². The van der Waals surface area contributed by atoms with Gasteiger partial charge in [-0.1, -0.05) is 0 Å². The molecule has 1 aliphatic rings. The highest BCUT2D eigenvalue weighted by molar-refractivity contribution is 9.10. The van der Waals surface area contributed by atoms with Crippen molar-refractivity contribution in [3.63, 3.8) is 0 Å². The van der Waals surface area contributed by atoms with Gasteiger partial charge in [-0.15, -0.1) is 0 Å². The molecule has 0 spiro atoms. The number of likely N-dealkylation sites (N-methyl/N-ethyl adjacent to an activating group) is 1. The van der Waals surface area contributed by atoms with Crippen LogP contribution in [0.4, 0.5) is 5.69 Å². The van der Waals surface area contributed by atoms with Crippen molar-refractivity contribution < 1.29 is 14.3 Å². The van der Waals surface area contributed by atoms with Crippen molar-refractivity contribution in [2.75, 3.05) is 19.3 Å². The predicted octanol–water partition coefficient (Wildman–Crippen LogP) is 1.42. The number of nitrogens with zero attached hydrogens (tertiary/aromatic N) is 1. The Morgan fingerprint density at radius 1 is 1.56 bits per heavy atom. The van der Waals surface area contributed by atoms with E-state index in [4.69, 9.17) is 10.5 Å². The summed E-state index contributed by atoms with van der Waals surface area (Å²) in [7, 11) is 1.69. The summed E-state index contributed by atoms with van der Waals surface area (Å²) in [5.41, 5.74) is 6.42. The second kappa shape index (κ2) is 4.97. The molecule has 18 heavy (non-hydrogen) atoms. The van der Waals surface area contributed by atoms with Crippen LogP contribution in [0.2, 0.25) is 0 Å². The SMILES string of the molecule is CN1CCC(OC(=O)c2cc(N)ccc2Br)C1=O. The van der Waals surface area contributed by atoms with E-state index in [0.717, 1.165) is 0 Å². The molecule has 2 rings (SSSR count). The van der Waals surface area contributed by atoms with Gasteiger partial charge < -0.3 is 15.4 Å². The molecule has 0 radical (unpaired) electrons. The Kier molecular flexibility index (Phi) is 3.56. The van der Waals surface area contributed by atoms with E-state index in [1.807, 2.05) is 0 Å². The summed E-state index contributed by atoms with van der Waals surface area (Å²) in [6.07, 6.45) is -0.156. The fourth-order valence-corrected chi connectivity index (χ4v) is 2.20. The van der Waals surface area contributed by atoms with Gasteiger partial charge in [0.05, 0.1) is 5.56 Å². The average Bonchev–Trinajstić information content (AvgIpc) is 2.64. The summed E-state index contributed by atoms with van der Waals surface area (Å²) in [5, 5.41) is 0. The van der Waals surface area contributed by atoms with Crippen LogP contribution in [0, 0.1) is 0 Å². The zero-order valence-corrected chi connectivity index (χ0v) is 11.4. The maximum absolute atomic E-state index is 11.9. The Morgan fingerprint density at radius 3 is 2.89 bits per heavy atom. The lowest BCUT2D eigenvalue weighted by atomic mass is 10.2. The van der Waals surface area contributed by atoms with E-state index < -0.39 is 12.1 Å². The Hall–Kier alpha value is -1.56. The minimum Gasteiger partial charge on any atom is -0.449 e. The molecule has 1 unspecified atom stereocenters. The van der Waals surface area contributed by atoms with Gasteiger partial charge in [0.2, 0.25) is 0 Å². The topological polar surface area (TPSA) is 72.6 Å². The minimum atomic E-state index is -0.684. The highest BCUT2D eigenvalue weighted by atomic mass is 79.9. The number of amides is 1. The molecule has 0 saturated carbocycles. The van der Waals surface area contributed by atoms with E-state index in [1.54, 1.807) is 24.1 Å². The Bertz CT molecular complexity index is 504. The molecular formula is C12H13BrN2O3. The van der Waals surface area contributed by atoms with Gasteiger partial charge in [-0.25, -0.2) is 4.79 Å². The monoisotopic (exact) mass is 312 g/mol. The largest absolute Gasteiger partial charge is 0.449 e. The highest BCUT2D eigenvalue weighted by Crippen LogP contribution is 2.22. The smallest absolute Gasteiger partial charge is 0.340 e. The zero-order chi connectivity index (χ0) is 13.3. The van der Waals surface area contributed by atoms with Gasteiger partial charge in [0, 0.05) is 30.2 Å². The molecule has 5 nitrogen and oxygen atoms in total. The van der Waals surface area contributed by atoms with Crippen LogP contribution < -0.4 is 5.73 Å². The second-order valence-electron chi connectivity index (χ2n) is 4.18. The molecule has 96 valence electrons. The summed E-state index contributed by atoms with van der Waals surface area (Å²) in [6, 6.07) is 4.87. The van der Waals surface area contributed by atoms with Crippen molar-refractivity contribution in [2.45, 2.75) is 12.5 Å². The number of esters is 1. The first kappa shape index (κ1) is 12.9. The van der Waals surface area contributed by atoms with E-state index in [0.29, 0.717) is 28.7 Å². The predicted molar refractivity (Wildman–Crippen MR) is 70.0 cm³/mol. The Labute approximate surface area is 113 Å². The third kappa shape index (κ3) is 2.48. The van der Waals surface area contributed by atoms with Gasteiger partial charge in [-0.2, -0.15) is 0 Å². The summed E-state index contributed by atoms with van der Waals surface area (Å²) in [6.45, 7) is 0.606. The van der Waals surface area contributed by atoms with Crippen molar-refractivity contribution in [1.29, 1.82) is 0 Å². The molecule has 1 aromatic carbocycles. The number of rotatable bonds is 2. The molecule has 1 fully saturated rings. The van der Waals surface area contributed by atoms with Crippen molar-refractivity contribution in [1.82, 2.24) is 4.90 Å². The van der Waals surface area contributed by atoms with Gasteiger partial charge in [0.25, 0.3) is 5.91 Å². The maximum atomic E-state index is 11.9. The lowest BCUT2D eigenvalue weighted by Crippen LogP contribution is -2.29. The fourth-order valence-electron chi connectivity index (χ4n) is 1.79. The summed E-state index contributed by atoms with van der Waals surface area (Å²) in [5.74, 6) is -0.703. The molecule has 0 bridgehead atoms. The molecule has 1 aromatic rings. The first-order valence-electron chi connectivity index (χ1n) is 5.50. The van der Waals surface area contributed by atoms with Crippen LogP contribution in [0.5, 0.6) is 0 Å². The molecule has 2 N–H and O–H groups in total. The van der Waals surface area contributed by atoms with Crippen LogP contribution in [-0.2, 0) is 9.53 Å². The number of carbonyl (C=O) groups is 2. The molecule has 1 atom stereocenters. The van der Waals surface area contributed by atoms with E-state index in [-0.39, 0.29) is 5.91 Å². The van der Waals surface area contributed by atoms with Crippen molar-refractivity contribution in [3.8, 4) is 0 Å². The number of anilines is 1. The number of ether oxygens (including phenoxy) is 1. The van der Waals surface area contributed by atoms with Crippen LogP contribution in [0.3, 0.4) is 0 Å². The average molecular weight is 313 g/mol. The lowest BCUT2D eigenvalue weighted by Gasteiger charge is -2.12. The zero-order valence-electron chi connectivity index (χ0n) is 9.85. The molecular weight excluding hydrogens is 300 g/mol. The standard InChI is InChI=1S/C12H13BrN2O3/c1-15-5-4-10(11(15)16)18-12(17)8-6-7(14)2-3-9(8)13/h2-3,6,10H,4-5,14H2,1H3. The number of halogens is 1. The number of likely N-dealkylation sites (tertiary alicyclic amines) is 1. The number of hydrogen-bond donors (Lipinski definition) is 1. The lowest BCUT2D eigenvalue weighted by molar-refractivity contribution is -0.133. The number of nitrogen functional groups attached to an aromatic ring is 1. The number of benzene rings is 1. The van der Waals surface area contributed by atoms with Gasteiger partial charge in [0.1, 0.15) is 0 Å². The van der Waals surface area contributed by atoms with E-state index >= 15 is 0 Å². The summed E-state index contributed by atoms with van der Waals surface area (Å²) in [4.78, 5) is 25.1. The fraction of sp³-hybridized carbons (Fsp3) is 0.333. The first-order chi connectivity index (χ1) is 8.49. The normalized spacial score (nSPS) is 19.1. The number of carbonyl (C=O) groups excluding carboxylic acids is 2. The second-order valence-corrected chi connectivity index (χ2v) is 5.04. The maximum Gasteiger partial charge on any atom is 0.340 e. The third-order valence-electron chi connectivity index (χ3n) is 2.84. The molecule has 1 heterocycles. The first-order valence-corrected chi connectivity index (χ1v) is 6.29. The Balaban J connectivity index is 2.13. The van der Waals surface area contributed by atoms with E-state index in [1.165, 1.54) is 6.07 Å². The van der Waals surface area contributed by atoms with Crippen LogP contribution in [0.25, 0.3) is 0 Å². The van der Waals surface area contributed by atoms with Gasteiger partial charge in [-0.05, 0) is 34.1 Å². The van der Waals surface area contributed by atoms with E-state index in [9.17, 15) is 9.59 Å². The molecule has 1 saturated heterocycles. The Morgan fingerprint density at radius 2 is 2.28 bits per heavy atom. The van der Waals surface area contributed by atoms with Gasteiger partial charge in [-0.3, -0.25) is 4.79 Å². The van der Waals surface area contributed by atoms with Gasteiger partial charge in [0.15, 0.2) is 6.10 Å². The quantitative estimate of drug-likeness (QED) is 0.662.